The summed E-state index contributed by atoms with van der Waals surface area (Å²) in [6.07, 6.45) is 8.01. The van der Waals surface area contributed by atoms with E-state index in [2.05, 4.69) is 27.4 Å². The number of benzene rings is 1. The lowest BCUT2D eigenvalue weighted by Crippen LogP contribution is -2.29. The fourth-order valence-corrected chi connectivity index (χ4v) is 2.91. The number of rotatable bonds is 3. The zero-order valence-electron chi connectivity index (χ0n) is 10.3. The van der Waals surface area contributed by atoms with Crippen LogP contribution in [0.1, 0.15) is 43.7 Å². The molecule has 1 aromatic rings. The molecule has 0 spiro atoms. The molecular formula is C14H18BrFN2. The normalized spacial score (nSPS) is 18.1. The van der Waals surface area contributed by atoms with Gasteiger partial charge in [-0.15, -0.1) is 0 Å². The van der Waals surface area contributed by atoms with Crippen molar-refractivity contribution in [3.05, 3.63) is 45.7 Å². The molecule has 0 aromatic heterocycles. The molecule has 0 aliphatic heterocycles. The Morgan fingerprint density at radius 2 is 2.11 bits per heavy atom. The zero-order chi connectivity index (χ0) is 13.0. The smallest absolute Gasteiger partial charge is 0.123 e. The maximum atomic E-state index is 13.4. The van der Waals surface area contributed by atoms with Crippen LogP contribution in [-0.2, 0) is 0 Å². The summed E-state index contributed by atoms with van der Waals surface area (Å²) >= 11 is 3.47. The summed E-state index contributed by atoms with van der Waals surface area (Å²) < 4.78 is 14.3. The van der Waals surface area contributed by atoms with E-state index >= 15 is 0 Å². The van der Waals surface area contributed by atoms with Gasteiger partial charge in [-0.05, 0) is 49.4 Å². The maximum Gasteiger partial charge on any atom is 0.123 e. The summed E-state index contributed by atoms with van der Waals surface area (Å²) in [6, 6.07) is 4.61. The Hall–Kier alpha value is -0.710. The molecule has 1 unspecified atom stereocenters. The van der Waals surface area contributed by atoms with Gasteiger partial charge in [-0.1, -0.05) is 34.0 Å². The standard InChI is InChI=1S/C14H18BrFN2/c15-13-8-7-11(16)9-12(13)14(18-17)10-5-3-1-2-4-6-10/h5,7-9,14,18H,1-4,6,17H2. The van der Waals surface area contributed by atoms with E-state index in [9.17, 15) is 4.39 Å². The van der Waals surface area contributed by atoms with Crippen LogP contribution in [0, 0.1) is 5.82 Å². The van der Waals surface area contributed by atoms with Crippen LogP contribution in [0.25, 0.3) is 0 Å². The number of nitrogens with one attached hydrogen (secondary N) is 1. The van der Waals surface area contributed by atoms with Gasteiger partial charge in [0.2, 0.25) is 0 Å². The third kappa shape index (κ3) is 3.19. The number of nitrogens with two attached hydrogens (primary N) is 1. The van der Waals surface area contributed by atoms with Crippen molar-refractivity contribution in [1.82, 2.24) is 5.43 Å². The Morgan fingerprint density at radius 3 is 2.89 bits per heavy atom. The lowest BCUT2D eigenvalue weighted by Gasteiger charge is -2.21. The highest BCUT2D eigenvalue weighted by Gasteiger charge is 2.19. The molecule has 1 aliphatic rings. The molecule has 0 fully saturated rings. The van der Waals surface area contributed by atoms with Crippen molar-refractivity contribution >= 4 is 15.9 Å². The molecule has 1 aliphatic carbocycles. The van der Waals surface area contributed by atoms with Crippen molar-refractivity contribution in [3.63, 3.8) is 0 Å². The van der Waals surface area contributed by atoms with E-state index in [1.54, 1.807) is 12.1 Å². The third-order valence-corrected chi connectivity index (χ3v) is 4.10. The molecule has 0 heterocycles. The van der Waals surface area contributed by atoms with E-state index in [1.165, 1.54) is 30.9 Å². The van der Waals surface area contributed by atoms with Crippen LogP contribution in [0.4, 0.5) is 4.39 Å². The van der Waals surface area contributed by atoms with Crippen molar-refractivity contribution in [2.24, 2.45) is 5.84 Å². The molecule has 1 aromatic carbocycles. The van der Waals surface area contributed by atoms with Crippen molar-refractivity contribution < 1.29 is 4.39 Å². The Bertz CT molecular complexity index is 445. The molecule has 0 amide bonds. The van der Waals surface area contributed by atoms with Gasteiger partial charge in [0.05, 0.1) is 6.04 Å². The molecule has 3 N–H and O–H groups in total. The third-order valence-electron chi connectivity index (χ3n) is 3.38. The lowest BCUT2D eigenvalue weighted by molar-refractivity contribution is 0.579. The molecular weight excluding hydrogens is 295 g/mol. The second-order valence-electron chi connectivity index (χ2n) is 4.64. The van der Waals surface area contributed by atoms with Gasteiger partial charge in [0.1, 0.15) is 5.82 Å². The van der Waals surface area contributed by atoms with Crippen LogP contribution in [0.15, 0.2) is 34.3 Å². The van der Waals surface area contributed by atoms with Gasteiger partial charge in [0.15, 0.2) is 0 Å². The molecule has 98 valence electrons. The van der Waals surface area contributed by atoms with Gasteiger partial charge in [-0.25, -0.2) is 9.82 Å². The monoisotopic (exact) mass is 312 g/mol. The molecule has 2 rings (SSSR count). The van der Waals surface area contributed by atoms with Crippen LogP contribution in [0.5, 0.6) is 0 Å². The van der Waals surface area contributed by atoms with E-state index in [0.29, 0.717) is 0 Å². The van der Waals surface area contributed by atoms with E-state index in [0.717, 1.165) is 22.9 Å². The average molecular weight is 313 g/mol. The number of hydrogen-bond acceptors (Lipinski definition) is 2. The van der Waals surface area contributed by atoms with E-state index in [4.69, 9.17) is 5.84 Å². The summed E-state index contributed by atoms with van der Waals surface area (Å²) in [5.41, 5.74) is 4.95. The van der Waals surface area contributed by atoms with Crippen molar-refractivity contribution in [2.75, 3.05) is 0 Å². The fraction of sp³-hybridized carbons (Fsp3) is 0.429. The highest BCUT2D eigenvalue weighted by atomic mass is 79.9. The van der Waals surface area contributed by atoms with E-state index in [1.807, 2.05) is 0 Å². The minimum absolute atomic E-state index is 0.104. The molecule has 18 heavy (non-hydrogen) atoms. The topological polar surface area (TPSA) is 38.0 Å². The summed E-state index contributed by atoms with van der Waals surface area (Å²) in [4.78, 5) is 0. The van der Waals surface area contributed by atoms with Crippen LogP contribution < -0.4 is 11.3 Å². The molecule has 0 saturated heterocycles. The van der Waals surface area contributed by atoms with Crippen LogP contribution >= 0.6 is 15.9 Å². The first-order valence-corrected chi connectivity index (χ1v) is 7.11. The largest absolute Gasteiger partial charge is 0.271 e. The first-order chi connectivity index (χ1) is 8.72. The van der Waals surface area contributed by atoms with Crippen LogP contribution in [0.3, 0.4) is 0 Å². The van der Waals surface area contributed by atoms with Crippen LogP contribution in [0.2, 0.25) is 0 Å². The van der Waals surface area contributed by atoms with Crippen molar-refractivity contribution in [1.29, 1.82) is 0 Å². The second kappa shape index (κ2) is 6.45. The number of allylic oxidation sites excluding steroid dienone is 1. The molecule has 0 saturated carbocycles. The predicted octanol–water partition coefficient (Wildman–Crippen LogP) is 3.98. The Morgan fingerprint density at radius 1 is 1.28 bits per heavy atom. The molecule has 1 atom stereocenters. The van der Waals surface area contributed by atoms with Gasteiger partial charge in [-0.2, -0.15) is 0 Å². The second-order valence-corrected chi connectivity index (χ2v) is 5.50. The lowest BCUT2D eigenvalue weighted by atomic mass is 9.95. The predicted molar refractivity (Wildman–Crippen MR) is 75.3 cm³/mol. The maximum absolute atomic E-state index is 13.4. The Labute approximate surface area is 116 Å². The van der Waals surface area contributed by atoms with Gasteiger partial charge in [0, 0.05) is 4.47 Å². The first-order valence-electron chi connectivity index (χ1n) is 6.32. The number of halogens is 2. The summed E-state index contributed by atoms with van der Waals surface area (Å²) in [5.74, 6) is 5.44. The average Bonchev–Trinajstić information content (AvgIpc) is 2.64. The SMILES string of the molecule is NNC(C1=CCCCCC1)c1cc(F)ccc1Br. The quantitative estimate of drug-likeness (QED) is 0.503. The summed E-state index contributed by atoms with van der Waals surface area (Å²) in [7, 11) is 0. The molecule has 2 nitrogen and oxygen atoms in total. The minimum Gasteiger partial charge on any atom is -0.271 e. The summed E-state index contributed by atoms with van der Waals surface area (Å²) in [6.45, 7) is 0. The van der Waals surface area contributed by atoms with Crippen molar-refractivity contribution in [2.45, 2.75) is 38.1 Å². The zero-order valence-corrected chi connectivity index (χ0v) is 11.8. The van der Waals surface area contributed by atoms with E-state index in [-0.39, 0.29) is 11.9 Å². The van der Waals surface area contributed by atoms with Gasteiger partial charge in [0.25, 0.3) is 0 Å². The Kier molecular flexibility index (Phi) is 4.92. The van der Waals surface area contributed by atoms with Gasteiger partial charge >= 0.3 is 0 Å². The van der Waals surface area contributed by atoms with Gasteiger partial charge in [-0.3, -0.25) is 5.84 Å². The highest BCUT2D eigenvalue weighted by Crippen LogP contribution is 2.33. The van der Waals surface area contributed by atoms with Gasteiger partial charge < -0.3 is 0 Å². The number of hydrogen-bond donors (Lipinski definition) is 2. The fourth-order valence-electron chi connectivity index (χ4n) is 2.43. The Balaban J connectivity index is 2.32. The number of hydrazine groups is 1. The highest BCUT2D eigenvalue weighted by molar-refractivity contribution is 9.10. The van der Waals surface area contributed by atoms with Crippen molar-refractivity contribution in [3.8, 4) is 0 Å². The van der Waals surface area contributed by atoms with E-state index < -0.39 is 0 Å². The first kappa shape index (κ1) is 13.7. The molecule has 4 heteroatoms. The molecule has 0 radical (unpaired) electrons. The molecule has 0 bridgehead atoms. The summed E-state index contributed by atoms with van der Waals surface area (Å²) in [5, 5.41) is 0. The minimum atomic E-state index is -0.234. The van der Waals surface area contributed by atoms with Crippen LogP contribution in [-0.4, -0.2) is 0 Å².